The second-order valence-corrected chi connectivity index (χ2v) is 11.3. The van der Waals surface area contributed by atoms with Crippen LogP contribution in [0.5, 0.6) is 0 Å². The number of hydrogen-bond donors (Lipinski definition) is 1. The summed E-state index contributed by atoms with van der Waals surface area (Å²) in [5.41, 5.74) is 4.83. The number of benzene rings is 1. The van der Waals surface area contributed by atoms with Crippen molar-refractivity contribution in [2.45, 2.75) is 53.0 Å². The number of anilines is 1. The van der Waals surface area contributed by atoms with Crippen LogP contribution in [-0.4, -0.2) is 46.7 Å². The molecule has 0 unspecified atom stereocenters. The summed E-state index contributed by atoms with van der Waals surface area (Å²) in [6.07, 6.45) is 3.60. The molecule has 3 aromatic rings. The maximum atomic E-state index is 15.8. The summed E-state index contributed by atoms with van der Waals surface area (Å²) < 4.78 is 17.9. The minimum Gasteiger partial charge on any atom is -0.371 e. The van der Waals surface area contributed by atoms with Crippen LogP contribution in [0.4, 0.5) is 10.1 Å². The lowest BCUT2D eigenvalue weighted by atomic mass is 9.78. The Hall–Kier alpha value is -2.58. The Morgan fingerprint density at radius 1 is 1.12 bits per heavy atom. The molecule has 0 bridgehead atoms. The number of thiophene rings is 1. The van der Waals surface area contributed by atoms with Gasteiger partial charge in [0.2, 0.25) is 0 Å². The van der Waals surface area contributed by atoms with Crippen molar-refractivity contribution in [3.8, 4) is 5.00 Å². The van der Waals surface area contributed by atoms with Gasteiger partial charge in [0, 0.05) is 41.3 Å². The molecule has 1 spiro atoms. The molecule has 1 N–H and O–H groups in total. The van der Waals surface area contributed by atoms with E-state index < -0.39 is 0 Å². The van der Waals surface area contributed by atoms with Crippen molar-refractivity contribution < 1.29 is 4.39 Å². The van der Waals surface area contributed by atoms with Crippen molar-refractivity contribution in [1.29, 1.82) is 0 Å². The summed E-state index contributed by atoms with van der Waals surface area (Å²) >= 11 is 1.70. The van der Waals surface area contributed by atoms with Gasteiger partial charge in [-0.3, -0.25) is 9.56 Å². The number of hydrogen-bond acceptors (Lipinski definition) is 6. The number of piperidine rings is 1. The van der Waals surface area contributed by atoms with Crippen LogP contribution >= 0.6 is 11.3 Å². The van der Waals surface area contributed by atoms with Crippen molar-refractivity contribution in [3.05, 3.63) is 57.2 Å². The quantitative estimate of drug-likeness (QED) is 0.570. The van der Waals surface area contributed by atoms with Gasteiger partial charge in [-0.1, -0.05) is 0 Å². The fourth-order valence-electron chi connectivity index (χ4n) is 5.82. The van der Waals surface area contributed by atoms with Gasteiger partial charge < -0.3 is 10.2 Å². The van der Waals surface area contributed by atoms with Crippen LogP contribution in [0.25, 0.3) is 5.00 Å². The standard InChI is InChI=1S/C26H31FN6S/c1-15-17(3)34-25-22(15)23(29-16(2)24-31-30-18(4)33(24)25)20-6-5-19(13-21(20)27)32-11-8-26(9-12-32)7-10-28-14-26/h5-6,13,16,28H,7-12,14H2,1-4H3/t16-/m0/s1. The molecule has 3 aliphatic rings. The summed E-state index contributed by atoms with van der Waals surface area (Å²) in [6, 6.07) is 5.49. The third-order valence-electron chi connectivity index (χ3n) is 8.08. The maximum Gasteiger partial charge on any atom is 0.162 e. The molecule has 178 valence electrons. The number of aryl methyl sites for hydroxylation is 2. The van der Waals surface area contributed by atoms with Crippen LogP contribution in [0.1, 0.15) is 65.4 Å². The molecule has 0 saturated carbocycles. The molecular formula is C26H31FN6S. The van der Waals surface area contributed by atoms with Gasteiger partial charge in [0.15, 0.2) is 5.82 Å². The van der Waals surface area contributed by atoms with E-state index >= 15 is 4.39 Å². The van der Waals surface area contributed by atoms with Crippen LogP contribution in [-0.2, 0) is 0 Å². The molecular weight excluding hydrogens is 447 g/mol. The molecule has 2 aromatic heterocycles. The number of aromatic nitrogens is 3. The van der Waals surface area contributed by atoms with E-state index in [1.807, 2.05) is 19.9 Å². The highest BCUT2D eigenvalue weighted by atomic mass is 32.1. The summed E-state index contributed by atoms with van der Waals surface area (Å²) in [5.74, 6) is 1.42. The first-order chi connectivity index (χ1) is 16.4. The first-order valence-corrected chi connectivity index (χ1v) is 13.0. The Bertz CT molecular complexity index is 1290. The highest BCUT2D eigenvalue weighted by Crippen LogP contribution is 2.40. The van der Waals surface area contributed by atoms with E-state index in [4.69, 9.17) is 4.99 Å². The molecule has 2 saturated heterocycles. The van der Waals surface area contributed by atoms with Gasteiger partial charge in [-0.05, 0) is 82.7 Å². The topological polar surface area (TPSA) is 58.3 Å². The summed E-state index contributed by atoms with van der Waals surface area (Å²) in [5, 5.41) is 13.3. The lowest BCUT2D eigenvalue weighted by Gasteiger charge is -2.40. The van der Waals surface area contributed by atoms with Crippen LogP contribution in [0.2, 0.25) is 0 Å². The van der Waals surface area contributed by atoms with E-state index in [1.165, 1.54) is 24.1 Å². The number of aliphatic imine (C=N–C) groups is 1. The van der Waals surface area contributed by atoms with Crippen molar-refractivity contribution in [2.24, 2.45) is 10.4 Å². The SMILES string of the molecule is Cc1sc2c(c1C)C(c1ccc(N3CCC4(CCNC4)CC3)cc1F)=N[C@@H](C)c1nnc(C)n1-2. The number of halogens is 1. The van der Waals surface area contributed by atoms with E-state index in [0.29, 0.717) is 16.7 Å². The van der Waals surface area contributed by atoms with E-state index in [9.17, 15) is 0 Å². The van der Waals surface area contributed by atoms with E-state index in [1.54, 1.807) is 17.4 Å². The largest absolute Gasteiger partial charge is 0.371 e. The monoisotopic (exact) mass is 478 g/mol. The van der Waals surface area contributed by atoms with Crippen molar-refractivity contribution in [1.82, 2.24) is 20.1 Å². The van der Waals surface area contributed by atoms with Gasteiger partial charge in [0.05, 0.1) is 5.71 Å². The van der Waals surface area contributed by atoms with Crippen LogP contribution in [0.3, 0.4) is 0 Å². The number of nitrogens with one attached hydrogen (secondary N) is 1. The molecule has 6 rings (SSSR count). The minimum absolute atomic E-state index is 0.213. The average Bonchev–Trinajstić information content (AvgIpc) is 3.49. The van der Waals surface area contributed by atoms with Crippen molar-refractivity contribution >= 4 is 22.7 Å². The fourth-order valence-corrected chi connectivity index (χ4v) is 7.03. The molecule has 0 aliphatic carbocycles. The zero-order valence-corrected chi connectivity index (χ0v) is 21.1. The zero-order valence-electron chi connectivity index (χ0n) is 20.3. The Labute approximate surface area is 203 Å². The van der Waals surface area contributed by atoms with E-state index in [-0.39, 0.29) is 11.9 Å². The molecule has 34 heavy (non-hydrogen) atoms. The van der Waals surface area contributed by atoms with Crippen LogP contribution in [0, 0.1) is 32.0 Å². The van der Waals surface area contributed by atoms with E-state index in [2.05, 4.69) is 44.9 Å². The zero-order chi connectivity index (χ0) is 23.6. The molecule has 2 fully saturated rings. The predicted molar refractivity (Wildman–Crippen MR) is 135 cm³/mol. The molecule has 0 radical (unpaired) electrons. The normalized spacial score (nSPS) is 21.4. The third-order valence-corrected chi connectivity index (χ3v) is 9.27. The van der Waals surface area contributed by atoms with Crippen LogP contribution < -0.4 is 10.2 Å². The van der Waals surface area contributed by atoms with E-state index in [0.717, 1.165) is 59.6 Å². The first kappa shape index (κ1) is 21.9. The van der Waals surface area contributed by atoms with Crippen molar-refractivity contribution in [2.75, 3.05) is 31.1 Å². The number of rotatable bonds is 2. The molecule has 3 aliphatic heterocycles. The average molecular weight is 479 g/mol. The van der Waals surface area contributed by atoms with Crippen LogP contribution in [0.15, 0.2) is 23.2 Å². The summed E-state index contributed by atoms with van der Waals surface area (Å²) in [7, 11) is 0. The van der Waals surface area contributed by atoms with Crippen molar-refractivity contribution in [3.63, 3.8) is 0 Å². The fraction of sp³-hybridized carbons (Fsp3) is 0.500. The Morgan fingerprint density at radius 2 is 1.91 bits per heavy atom. The molecule has 6 nitrogen and oxygen atoms in total. The van der Waals surface area contributed by atoms with Gasteiger partial charge in [0.1, 0.15) is 22.7 Å². The second-order valence-electron chi connectivity index (χ2n) is 10.1. The lowest BCUT2D eigenvalue weighted by Crippen LogP contribution is -2.41. The first-order valence-electron chi connectivity index (χ1n) is 12.2. The molecule has 1 aromatic carbocycles. The van der Waals surface area contributed by atoms with Gasteiger partial charge in [0.25, 0.3) is 0 Å². The summed E-state index contributed by atoms with van der Waals surface area (Å²) in [4.78, 5) is 8.55. The Balaban J connectivity index is 1.37. The number of fused-ring (bicyclic) bond motifs is 3. The van der Waals surface area contributed by atoms with Gasteiger partial charge in [-0.2, -0.15) is 0 Å². The summed E-state index contributed by atoms with van der Waals surface area (Å²) in [6.45, 7) is 12.4. The molecule has 5 heterocycles. The number of nitrogens with zero attached hydrogens (tertiary/aromatic N) is 5. The molecule has 1 atom stereocenters. The van der Waals surface area contributed by atoms with Gasteiger partial charge >= 0.3 is 0 Å². The Morgan fingerprint density at radius 3 is 2.62 bits per heavy atom. The maximum absolute atomic E-state index is 15.8. The smallest absolute Gasteiger partial charge is 0.162 e. The molecule has 0 amide bonds. The predicted octanol–water partition coefficient (Wildman–Crippen LogP) is 4.89. The lowest BCUT2D eigenvalue weighted by molar-refractivity contribution is 0.247. The Kier molecular flexibility index (Phi) is 5.15. The van der Waals surface area contributed by atoms with Gasteiger partial charge in [-0.25, -0.2) is 4.39 Å². The highest BCUT2D eigenvalue weighted by molar-refractivity contribution is 7.15. The second kappa shape index (κ2) is 7.99. The highest BCUT2D eigenvalue weighted by Gasteiger charge is 2.37. The minimum atomic E-state index is -0.215. The third kappa shape index (κ3) is 3.33. The van der Waals surface area contributed by atoms with Gasteiger partial charge in [-0.15, -0.1) is 21.5 Å². The molecule has 8 heteroatoms.